The van der Waals surface area contributed by atoms with Gasteiger partial charge in [0.25, 0.3) is 0 Å². The van der Waals surface area contributed by atoms with E-state index in [1.165, 1.54) is 0 Å². The van der Waals surface area contributed by atoms with Crippen molar-refractivity contribution in [2.75, 3.05) is 11.5 Å². The minimum Gasteiger partial charge on any atom is -0.481 e. The molecule has 0 amide bonds. The summed E-state index contributed by atoms with van der Waals surface area (Å²) in [6.45, 7) is 3.89. The summed E-state index contributed by atoms with van der Waals surface area (Å²) < 4.78 is 6.17. The molecule has 3 aromatic rings. The highest BCUT2D eigenvalue weighted by Gasteiger charge is 2.26. The summed E-state index contributed by atoms with van der Waals surface area (Å²) >= 11 is 0. The van der Waals surface area contributed by atoms with E-state index in [0.717, 1.165) is 5.69 Å². The van der Waals surface area contributed by atoms with Gasteiger partial charge >= 0.3 is 0 Å². The number of aromatic amines is 1. The number of nitrogen functional groups attached to an aromatic ring is 2. The summed E-state index contributed by atoms with van der Waals surface area (Å²) in [4.78, 5) is 16.1. The van der Waals surface area contributed by atoms with Gasteiger partial charge in [0.1, 0.15) is 11.4 Å². The summed E-state index contributed by atoms with van der Waals surface area (Å²) in [6, 6.07) is 15.9. The molecule has 0 fully saturated rings. The van der Waals surface area contributed by atoms with Crippen molar-refractivity contribution in [2.45, 2.75) is 19.4 Å². The average molecular weight is 335 g/mol. The zero-order valence-corrected chi connectivity index (χ0v) is 14.2. The number of aromatic nitrogens is 1. The van der Waals surface area contributed by atoms with Gasteiger partial charge in [-0.15, -0.1) is 0 Å². The third kappa shape index (κ3) is 3.35. The Hall–Kier alpha value is -3.21. The minimum absolute atomic E-state index is 0.162. The summed E-state index contributed by atoms with van der Waals surface area (Å²) in [5.74, 6) is 0.354. The van der Waals surface area contributed by atoms with Crippen molar-refractivity contribution in [2.24, 2.45) is 0 Å². The predicted molar refractivity (Wildman–Crippen MR) is 99.6 cm³/mol. The largest absolute Gasteiger partial charge is 0.481 e. The van der Waals surface area contributed by atoms with E-state index in [1.54, 1.807) is 30.3 Å². The van der Waals surface area contributed by atoms with Gasteiger partial charge in [0.2, 0.25) is 0 Å². The van der Waals surface area contributed by atoms with Gasteiger partial charge in [-0.3, -0.25) is 4.79 Å². The maximum Gasteiger partial charge on any atom is 0.196 e. The third-order valence-electron chi connectivity index (χ3n) is 4.09. The molecule has 0 bridgehead atoms. The molecule has 2 aromatic carbocycles. The molecule has 0 aliphatic rings. The van der Waals surface area contributed by atoms with Crippen molar-refractivity contribution in [3.05, 3.63) is 77.6 Å². The molecule has 0 radical (unpaired) electrons. The van der Waals surface area contributed by atoms with Crippen LogP contribution in [0.1, 0.15) is 35.5 Å². The standard InChI is InChI=1S/C20H21N3O2/c1-20(2,18-8-5-11-23-18)25-17-7-4-3-6-14(17)19(24)13-9-10-15(21)16(22)12-13/h3-12,23H,21-22H2,1-2H3. The van der Waals surface area contributed by atoms with E-state index in [9.17, 15) is 4.79 Å². The summed E-state index contributed by atoms with van der Waals surface area (Å²) in [5, 5.41) is 0. The maximum absolute atomic E-state index is 12.9. The Balaban J connectivity index is 1.95. The lowest BCUT2D eigenvalue weighted by Crippen LogP contribution is -2.26. The Morgan fingerprint density at radius 2 is 1.76 bits per heavy atom. The SMILES string of the molecule is CC(C)(Oc1ccccc1C(=O)c1ccc(N)c(N)c1)c1ccc[nH]1. The van der Waals surface area contributed by atoms with Crippen LogP contribution in [0.3, 0.4) is 0 Å². The van der Waals surface area contributed by atoms with Crippen molar-refractivity contribution in [1.29, 1.82) is 0 Å². The molecule has 0 atom stereocenters. The first kappa shape index (κ1) is 16.6. The predicted octanol–water partition coefficient (Wildman–Crippen LogP) is 3.72. The molecule has 5 N–H and O–H groups in total. The van der Waals surface area contributed by atoms with Crippen LogP contribution in [0.5, 0.6) is 5.75 Å². The van der Waals surface area contributed by atoms with E-state index in [2.05, 4.69) is 4.98 Å². The molecule has 0 saturated carbocycles. The van der Waals surface area contributed by atoms with Crippen LogP contribution < -0.4 is 16.2 Å². The van der Waals surface area contributed by atoms with E-state index < -0.39 is 5.60 Å². The second kappa shape index (κ2) is 6.36. The van der Waals surface area contributed by atoms with Gasteiger partial charge < -0.3 is 21.2 Å². The first-order valence-corrected chi connectivity index (χ1v) is 8.00. The van der Waals surface area contributed by atoms with Crippen LogP contribution in [-0.4, -0.2) is 10.8 Å². The van der Waals surface area contributed by atoms with Crippen LogP contribution in [0, 0.1) is 0 Å². The Labute approximate surface area is 146 Å². The van der Waals surface area contributed by atoms with Crippen molar-refractivity contribution in [3.63, 3.8) is 0 Å². The number of rotatable bonds is 5. The van der Waals surface area contributed by atoms with Crippen LogP contribution in [0.25, 0.3) is 0 Å². The quantitative estimate of drug-likeness (QED) is 0.489. The number of ether oxygens (including phenoxy) is 1. The van der Waals surface area contributed by atoms with E-state index in [4.69, 9.17) is 16.2 Å². The van der Waals surface area contributed by atoms with Crippen LogP contribution in [0.15, 0.2) is 60.8 Å². The van der Waals surface area contributed by atoms with E-state index in [0.29, 0.717) is 28.3 Å². The van der Waals surface area contributed by atoms with Gasteiger partial charge in [-0.25, -0.2) is 0 Å². The third-order valence-corrected chi connectivity index (χ3v) is 4.09. The van der Waals surface area contributed by atoms with Gasteiger partial charge in [0, 0.05) is 11.8 Å². The number of nitrogens with two attached hydrogens (primary N) is 2. The number of carbonyl (C=O) groups excluding carboxylic acids is 1. The molecular weight excluding hydrogens is 314 g/mol. The lowest BCUT2D eigenvalue weighted by Gasteiger charge is -2.26. The summed E-state index contributed by atoms with van der Waals surface area (Å²) in [7, 11) is 0. The number of nitrogens with one attached hydrogen (secondary N) is 1. The number of para-hydroxylation sites is 1. The Morgan fingerprint density at radius 1 is 1.00 bits per heavy atom. The molecule has 5 nitrogen and oxygen atoms in total. The molecule has 0 unspecified atom stereocenters. The van der Waals surface area contributed by atoms with Gasteiger partial charge in [-0.1, -0.05) is 12.1 Å². The Kier molecular flexibility index (Phi) is 4.23. The molecule has 0 aliphatic heterocycles. The van der Waals surface area contributed by atoms with Crippen molar-refractivity contribution in [1.82, 2.24) is 4.98 Å². The number of hydrogen-bond donors (Lipinski definition) is 3. The minimum atomic E-state index is -0.611. The Bertz CT molecular complexity index is 899. The molecule has 0 aliphatic carbocycles. The second-order valence-corrected chi connectivity index (χ2v) is 6.37. The first-order valence-electron chi connectivity index (χ1n) is 8.00. The second-order valence-electron chi connectivity index (χ2n) is 6.37. The number of H-pyrrole nitrogens is 1. The highest BCUT2D eigenvalue weighted by Crippen LogP contribution is 2.31. The summed E-state index contributed by atoms with van der Waals surface area (Å²) in [6.07, 6.45) is 1.84. The van der Waals surface area contributed by atoms with Crippen LogP contribution in [0.4, 0.5) is 11.4 Å². The number of carbonyl (C=O) groups is 1. The zero-order valence-electron chi connectivity index (χ0n) is 14.2. The fourth-order valence-corrected chi connectivity index (χ4v) is 2.65. The van der Waals surface area contributed by atoms with Gasteiger partial charge in [0.05, 0.1) is 22.6 Å². The zero-order chi connectivity index (χ0) is 18.0. The lowest BCUT2D eigenvalue weighted by molar-refractivity contribution is 0.0954. The molecule has 25 heavy (non-hydrogen) atoms. The molecule has 1 heterocycles. The number of benzene rings is 2. The molecular formula is C20H21N3O2. The number of ketones is 1. The fourth-order valence-electron chi connectivity index (χ4n) is 2.65. The topological polar surface area (TPSA) is 94.1 Å². The van der Waals surface area contributed by atoms with E-state index in [-0.39, 0.29) is 5.78 Å². The number of anilines is 2. The molecule has 0 saturated heterocycles. The Morgan fingerprint density at radius 3 is 2.44 bits per heavy atom. The van der Waals surface area contributed by atoms with E-state index >= 15 is 0 Å². The molecule has 128 valence electrons. The van der Waals surface area contributed by atoms with Crippen LogP contribution in [0.2, 0.25) is 0 Å². The highest BCUT2D eigenvalue weighted by atomic mass is 16.5. The van der Waals surface area contributed by atoms with Crippen LogP contribution in [-0.2, 0) is 5.60 Å². The summed E-state index contributed by atoms with van der Waals surface area (Å²) in [5.41, 5.74) is 13.7. The monoisotopic (exact) mass is 335 g/mol. The average Bonchev–Trinajstić information content (AvgIpc) is 3.12. The van der Waals surface area contributed by atoms with Crippen LogP contribution >= 0.6 is 0 Å². The number of hydrogen-bond acceptors (Lipinski definition) is 4. The van der Waals surface area contributed by atoms with Gasteiger partial charge in [-0.2, -0.15) is 0 Å². The highest BCUT2D eigenvalue weighted by molar-refractivity contribution is 6.11. The maximum atomic E-state index is 12.9. The van der Waals surface area contributed by atoms with Gasteiger partial charge in [-0.05, 0) is 56.3 Å². The van der Waals surface area contributed by atoms with E-state index in [1.807, 2.05) is 44.3 Å². The van der Waals surface area contributed by atoms with Gasteiger partial charge in [0.15, 0.2) is 5.78 Å². The first-order chi connectivity index (χ1) is 11.9. The molecule has 3 rings (SSSR count). The van der Waals surface area contributed by atoms with Crippen molar-refractivity contribution < 1.29 is 9.53 Å². The smallest absolute Gasteiger partial charge is 0.196 e. The van der Waals surface area contributed by atoms with Crippen molar-refractivity contribution >= 4 is 17.2 Å². The van der Waals surface area contributed by atoms with Crippen molar-refractivity contribution in [3.8, 4) is 5.75 Å². The fraction of sp³-hybridized carbons (Fsp3) is 0.150. The molecule has 1 aromatic heterocycles. The molecule has 5 heteroatoms. The lowest BCUT2D eigenvalue weighted by atomic mass is 10.0. The normalized spacial score (nSPS) is 11.3. The molecule has 0 spiro atoms.